The fourth-order valence-corrected chi connectivity index (χ4v) is 1.52. The summed E-state index contributed by atoms with van der Waals surface area (Å²) in [5.41, 5.74) is 0. The van der Waals surface area contributed by atoms with E-state index >= 15 is 0 Å². The zero-order valence-corrected chi connectivity index (χ0v) is 7.29. The summed E-state index contributed by atoms with van der Waals surface area (Å²) in [7, 11) is 0. The van der Waals surface area contributed by atoms with Crippen molar-refractivity contribution < 1.29 is 11.2 Å². The van der Waals surface area contributed by atoms with Gasteiger partial charge >= 0.3 is 0 Å². The Morgan fingerprint density at radius 2 is 2.55 bits per heavy atom. The molecule has 2 nitrogen and oxygen atoms in total. The Bertz CT molecular complexity index is 140. The Labute approximate surface area is 70.0 Å². The van der Waals surface area contributed by atoms with Gasteiger partial charge in [0.1, 0.15) is 0 Å². The van der Waals surface area contributed by atoms with Crippen LogP contribution < -0.4 is 0 Å². The van der Waals surface area contributed by atoms with Gasteiger partial charge in [0, 0.05) is 6.58 Å². The average molecular weight is 160 g/mol. The molecule has 0 amide bonds. The lowest BCUT2D eigenvalue weighted by molar-refractivity contribution is -0.0202. The highest BCUT2D eigenvalue weighted by Gasteiger charge is 2.29. The molecular formula is C9H18O2. The van der Waals surface area contributed by atoms with Gasteiger partial charge < -0.3 is 9.84 Å². The summed E-state index contributed by atoms with van der Waals surface area (Å²) in [6.07, 6.45) is 2.02. The van der Waals surface area contributed by atoms with Crippen LogP contribution in [0.15, 0.2) is 0 Å². The Balaban J connectivity index is 2.40. The molecule has 0 aromatic rings. The average Bonchev–Trinajstić information content (AvgIpc) is 2.30. The Hall–Kier alpha value is -0.0800. The van der Waals surface area contributed by atoms with Gasteiger partial charge in [-0.1, -0.05) is 20.3 Å². The van der Waals surface area contributed by atoms with Crippen molar-refractivity contribution in [1.29, 1.82) is 0 Å². The van der Waals surface area contributed by atoms with Crippen LogP contribution >= 0.6 is 0 Å². The van der Waals surface area contributed by atoms with E-state index in [9.17, 15) is 5.11 Å². The standard InChI is InChI=1S/C9H18O2/c1-3-4-8(10)9-7(2)5-6-11-9/h7-10H,3-6H2,1-2H3/t7-,8+,9-/m0/s1/i6T/t6-,7-,8+,9-. The number of hydrogen-bond donors (Lipinski definition) is 1. The summed E-state index contributed by atoms with van der Waals surface area (Å²) in [6.45, 7) is 3.66. The molecule has 1 fully saturated rings. The molecule has 1 rings (SSSR count). The van der Waals surface area contributed by atoms with Gasteiger partial charge in [-0.3, -0.25) is 0 Å². The number of aliphatic hydroxyl groups is 1. The van der Waals surface area contributed by atoms with Gasteiger partial charge in [0.15, 0.2) is 0 Å². The molecule has 0 saturated carbocycles. The van der Waals surface area contributed by atoms with E-state index in [4.69, 9.17) is 6.11 Å². The minimum absolute atomic E-state index is 0.104. The van der Waals surface area contributed by atoms with E-state index in [1.165, 1.54) is 0 Å². The first-order valence-corrected chi connectivity index (χ1v) is 4.41. The van der Waals surface area contributed by atoms with E-state index in [-0.39, 0.29) is 12.2 Å². The second kappa shape index (κ2) is 4.07. The summed E-state index contributed by atoms with van der Waals surface area (Å²) in [4.78, 5) is 0. The zero-order valence-electron chi connectivity index (χ0n) is 8.29. The third-order valence-corrected chi connectivity index (χ3v) is 2.25. The van der Waals surface area contributed by atoms with E-state index in [0.29, 0.717) is 5.92 Å². The molecule has 0 aliphatic carbocycles. The van der Waals surface area contributed by atoms with E-state index in [2.05, 4.69) is 0 Å². The van der Waals surface area contributed by atoms with E-state index in [1.807, 2.05) is 13.8 Å². The fraction of sp³-hybridized carbons (Fsp3) is 1.00. The third kappa shape index (κ3) is 2.17. The van der Waals surface area contributed by atoms with Crippen LogP contribution in [-0.2, 0) is 4.74 Å². The molecule has 0 unspecified atom stereocenters. The highest BCUT2D eigenvalue weighted by atomic mass is 16.5. The molecule has 1 N–H and O–H groups in total. The van der Waals surface area contributed by atoms with Crippen LogP contribution in [0.4, 0.5) is 0 Å². The number of hydrogen-bond acceptors (Lipinski definition) is 2. The quantitative estimate of drug-likeness (QED) is 0.679. The van der Waals surface area contributed by atoms with Gasteiger partial charge in [0.2, 0.25) is 0 Å². The summed E-state index contributed by atoms with van der Waals surface area (Å²) in [5.74, 6) is 0.328. The van der Waals surface area contributed by atoms with Crippen LogP contribution in [-0.4, -0.2) is 23.9 Å². The Kier molecular flexibility index (Phi) is 2.80. The lowest BCUT2D eigenvalue weighted by Crippen LogP contribution is -2.29. The second-order valence-corrected chi connectivity index (χ2v) is 3.34. The van der Waals surface area contributed by atoms with Crippen LogP contribution in [0, 0.1) is 5.92 Å². The molecule has 1 aliphatic rings. The predicted octanol–water partition coefficient (Wildman–Crippen LogP) is 1.57. The molecule has 11 heavy (non-hydrogen) atoms. The van der Waals surface area contributed by atoms with Gasteiger partial charge in [-0.25, -0.2) is 0 Å². The monoisotopic (exact) mass is 160 g/mol. The first-order chi connectivity index (χ1) is 5.65. The molecule has 0 spiro atoms. The maximum absolute atomic E-state index is 9.63. The lowest BCUT2D eigenvalue weighted by Gasteiger charge is -2.20. The number of aliphatic hydroxyl groups excluding tert-OH is 1. The van der Waals surface area contributed by atoms with Crippen molar-refractivity contribution in [2.45, 2.75) is 45.3 Å². The maximum Gasteiger partial charge on any atom is 0.0860 e. The fourth-order valence-electron chi connectivity index (χ4n) is 1.52. The Morgan fingerprint density at radius 1 is 1.82 bits per heavy atom. The van der Waals surface area contributed by atoms with Crippen LogP contribution in [0.25, 0.3) is 0 Å². The first kappa shape index (κ1) is 7.56. The summed E-state index contributed by atoms with van der Waals surface area (Å²) >= 11 is 0. The van der Waals surface area contributed by atoms with Crippen molar-refractivity contribution in [1.82, 2.24) is 0 Å². The summed E-state index contributed by atoms with van der Waals surface area (Å²) in [5, 5.41) is 9.63. The van der Waals surface area contributed by atoms with Gasteiger partial charge in [0.25, 0.3) is 0 Å². The highest BCUT2D eigenvalue weighted by molar-refractivity contribution is 4.78. The van der Waals surface area contributed by atoms with E-state index in [0.717, 1.165) is 19.3 Å². The van der Waals surface area contributed by atoms with Gasteiger partial charge in [0.05, 0.1) is 13.6 Å². The largest absolute Gasteiger partial charge is 0.390 e. The zero-order chi connectivity index (χ0) is 9.14. The van der Waals surface area contributed by atoms with Crippen molar-refractivity contribution in [3.8, 4) is 0 Å². The number of ether oxygens (including phenoxy) is 1. The van der Waals surface area contributed by atoms with E-state index in [1.54, 1.807) is 0 Å². The molecule has 0 aromatic heterocycles. The minimum atomic E-state index is -0.420. The topological polar surface area (TPSA) is 29.5 Å². The van der Waals surface area contributed by atoms with Crippen molar-refractivity contribution in [2.24, 2.45) is 5.92 Å². The van der Waals surface area contributed by atoms with Gasteiger partial charge in [-0.2, -0.15) is 0 Å². The van der Waals surface area contributed by atoms with Crippen LogP contribution in [0.5, 0.6) is 0 Å². The summed E-state index contributed by atoms with van der Waals surface area (Å²) < 4.78 is 12.7. The van der Waals surface area contributed by atoms with Crippen molar-refractivity contribution >= 4 is 0 Å². The molecule has 2 heteroatoms. The second-order valence-electron chi connectivity index (χ2n) is 3.34. The smallest absolute Gasteiger partial charge is 0.0860 e. The first-order valence-electron chi connectivity index (χ1n) is 4.98. The molecule has 0 bridgehead atoms. The minimum Gasteiger partial charge on any atom is -0.390 e. The molecule has 1 heterocycles. The molecular weight excluding hydrogens is 140 g/mol. The Morgan fingerprint density at radius 3 is 3.00 bits per heavy atom. The predicted molar refractivity (Wildman–Crippen MR) is 44.4 cm³/mol. The lowest BCUT2D eigenvalue weighted by atomic mass is 9.97. The summed E-state index contributed by atoms with van der Waals surface area (Å²) in [6, 6.07) is 0. The normalized spacial score (nSPS) is 42.1. The molecule has 4 atom stereocenters. The van der Waals surface area contributed by atoms with Crippen LogP contribution in [0.3, 0.4) is 0 Å². The van der Waals surface area contributed by atoms with Crippen molar-refractivity contribution in [3.05, 3.63) is 0 Å². The van der Waals surface area contributed by atoms with Crippen molar-refractivity contribution in [3.63, 3.8) is 0 Å². The van der Waals surface area contributed by atoms with Crippen LogP contribution in [0.1, 0.15) is 34.5 Å². The molecule has 66 valence electrons. The van der Waals surface area contributed by atoms with Crippen LogP contribution in [0.2, 0.25) is 0 Å². The van der Waals surface area contributed by atoms with Gasteiger partial charge in [-0.15, -0.1) is 0 Å². The van der Waals surface area contributed by atoms with E-state index < -0.39 is 6.58 Å². The molecule has 1 saturated heterocycles. The van der Waals surface area contributed by atoms with Crippen molar-refractivity contribution in [2.75, 3.05) is 6.58 Å². The third-order valence-electron chi connectivity index (χ3n) is 2.25. The molecule has 1 aliphatic heterocycles. The number of rotatable bonds is 3. The molecule has 0 radical (unpaired) electrons. The van der Waals surface area contributed by atoms with Gasteiger partial charge in [-0.05, 0) is 18.8 Å². The SMILES string of the molecule is [3H][C@H]1C[C@H](C)[C@@H]([C@H](O)CCC)O1. The maximum atomic E-state index is 9.63. The highest BCUT2D eigenvalue weighted by Crippen LogP contribution is 2.24. The molecule has 0 aromatic carbocycles.